The molecule has 1 aromatic carbocycles. The molecule has 9 nitrogen and oxygen atoms in total. The van der Waals surface area contributed by atoms with Gasteiger partial charge in [0, 0.05) is 11.3 Å². The average Bonchev–Trinajstić information content (AvgIpc) is 2.69. The van der Waals surface area contributed by atoms with Crippen LogP contribution >= 0.6 is 11.8 Å². The first-order valence-corrected chi connectivity index (χ1v) is 9.09. The molecule has 0 saturated carbocycles. The Kier molecular flexibility index (Phi) is 5.47. The molecule has 2 amide bonds. The number of carbonyl (C=O) groups excluding carboxylic acids is 2. The Morgan fingerprint density at radius 3 is 2.78 bits per heavy atom. The molecule has 142 valence electrons. The number of hydrogen-bond acceptors (Lipinski definition) is 7. The van der Waals surface area contributed by atoms with Crippen molar-refractivity contribution >= 4 is 35.8 Å². The molecule has 10 heteroatoms. The number of fused-ring (bicyclic) bond motifs is 1. The van der Waals surface area contributed by atoms with Gasteiger partial charge in [0.2, 0.25) is 5.91 Å². The zero-order valence-corrected chi connectivity index (χ0v) is 15.2. The van der Waals surface area contributed by atoms with Crippen LogP contribution in [0.25, 0.3) is 0 Å². The molecule has 1 aromatic rings. The lowest BCUT2D eigenvalue weighted by Gasteiger charge is -2.49. The van der Waals surface area contributed by atoms with E-state index in [1.807, 2.05) is 6.07 Å². The molecule has 2 heterocycles. The Hall–Kier alpha value is -2.85. The summed E-state index contributed by atoms with van der Waals surface area (Å²) < 4.78 is 0. The summed E-state index contributed by atoms with van der Waals surface area (Å²) in [5.74, 6) is -1.91. The fourth-order valence-corrected chi connectivity index (χ4v) is 4.21. The van der Waals surface area contributed by atoms with Gasteiger partial charge in [-0.2, -0.15) is 0 Å². The zero-order valence-electron chi connectivity index (χ0n) is 14.4. The van der Waals surface area contributed by atoms with Gasteiger partial charge in [-0.3, -0.25) is 14.5 Å². The number of aliphatic carboxylic acids is 1. The van der Waals surface area contributed by atoms with E-state index in [1.165, 1.54) is 25.1 Å². The van der Waals surface area contributed by atoms with E-state index in [9.17, 15) is 19.5 Å². The molecule has 3 atom stereocenters. The fourth-order valence-electron chi connectivity index (χ4n) is 2.91. The van der Waals surface area contributed by atoms with E-state index in [4.69, 9.17) is 5.73 Å². The van der Waals surface area contributed by atoms with Crippen molar-refractivity contribution in [1.29, 1.82) is 0 Å². The summed E-state index contributed by atoms with van der Waals surface area (Å²) in [6, 6.07) is 7.05. The van der Waals surface area contributed by atoms with Crippen LogP contribution in [0.15, 0.2) is 46.8 Å². The molecular weight excluding hydrogens is 372 g/mol. The largest absolute Gasteiger partial charge is 0.477 e. The molecule has 4 N–H and O–H groups in total. The number of thioether (sulfide) groups is 1. The van der Waals surface area contributed by atoms with Crippen LogP contribution in [0.5, 0.6) is 0 Å². The third-order valence-electron chi connectivity index (χ3n) is 4.25. The molecule has 1 saturated heterocycles. The molecule has 0 aliphatic carbocycles. The van der Waals surface area contributed by atoms with E-state index in [1.54, 1.807) is 24.3 Å². The van der Waals surface area contributed by atoms with Gasteiger partial charge in [-0.05, 0) is 5.56 Å². The lowest BCUT2D eigenvalue weighted by molar-refractivity contribution is -0.150. The minimum atomic E-state index is -1.24. The van der Waals surface area contributed by atoms with E-state index in [0.717, 1.165) is 4.90 Å². The van der Waals surface area contributed by atoms with E-state index in [0.29, 0.717) is 16.9 Å². The van der Waals surface area contributed by atoms with Gasteiger partial charge in [-0.1, -0.05) is 35.5 Å². The minimum Gasteiger partial charge on any atom is -0.477 e. The summed E-state index contributed by atoms with van der Waals surface area (Å²) in [6.45, 7) is 0. The maximum Gasteiger partial charge on any atom is 0.353 e. The fraction of sp³-hybridized carbons (Fsp3) is 0.294. The van der Waals surface area contributed by atoms with Crippen molar-refractivity contribution in [3.05, 3.63) is 47.2 Å². The summed E-state index contributed by atoms with van der Waals surface area (Å²) in [6.07, 6.45) is 1.27. The van der Waals surface area contributed by atoms with Gasteiger partial charge in [0.15, 0.2) is 0 Å². The minimum absolute atomic E-state index is 0.151. The third kappa shape index (κ3) is 3.53. The highest BCUT2D eigenvalue weighted by Crippen LogP contribution is 2.40. The number of carboxylic acids is 1. The Labute approximate surface area is 159 Å². The third-order valence-corrected chi connectivity index (χ3v) is 5.56. The van der Waals surface area contributed by atoms with Crippen molar-refractivity contribution in [3.63, 3.8) is 0 Å². The van der Waals surface area contributed by atoms with Gasteiger partial charge in [0.05, 0.1) is 6.21 Å². The topological polar surface area (TPSA) is 134 Å². The van der Waals surface area contributed by atoms with Crippen LogP contribution in [0.3, 0.4) is 0 Å². The van der Waals surface area contributed by atoms with Crippen LogP contribution in [-0.4, -0.2) is 58.3 Å². The lowest BCUT2D eigenvalue weighted by Crippen LogP contribution is -2.71. The first-order valence-electron chi connectivity index (χ1n) is 8.04. The summed E-state index contributed by atoms with van der Waals surface area (Å²) in [5.41, 5.74) is 6.79. The van der Waals surface area contributed by atoms with Crippen LogP contribution in [0.1, 0.15) is 11.6 Å². The number of oxime groups is 1. The molecule has 0 spiro atoms. The van der Waals surface area contributed by atoms with E-state index < -0.39 is 35.2 Å². The number of nitrogens with zero attached hydrogens (tertiary/aromatic N) is 2. The molecule has 0 radical (unpaired) electrons. The first-order chi connectivity index (χ1) is 13.0. The average molecular weight is 390 g/mol. The molecule has 3 rings (SSSR count). The van der Waals surface area contributed by atoms with Crippen molar-refractivity contribution in [2.75, 3.05) is 12.9 Å². The van der Waals surface area contributed by atoms with Crippen molar-refractivity contribution < 1.29 is 24.3 Å². The molecule has 2 aliphatic heterocycles. The smallest absolute Gasteiger partial charge is 0.353 e. The molecule has 2 unspecified atom stereocenters. The highest BCUT2D eigenvalue weighted by molar-refractivity contribution is 8.00. The number of β-lactam (4-membered cyclic amide) rings is 1. The number of nitrogens with one attached hydrogen (secondary N) is 1. The van der Waals surface area contributed by atoms with Crippen LogP contribution in [0.4, 0.5) is 0 Å². The zero-order chi connectivity index (χ0) is 19.6. The number of nitrogens with two attached hydrogens (primary N) is 1. The van der Waals surface area contributed by atoms with Gasteiger partial charge < -0.3 is 21.0 Å². The number of rotatable bonds is 6. The number of carboxylic acid groups (broad SMARTS) is 1. The van der Waals surface area contributed by atoms with Crippen LogP contribution < -0.4 is 11.1 Å². The Morgan fingerprint density at radius 2 is 2.15 bits per heavy atom. The normalized spacial score (nSPS) is 22.9. The van der Waals surface area contributed by atoms with Crippen molar-refractivity contribution in [3.8, 4) is 0 Å². The highest BCUT2D eigenvalue weighted by Gasteiger charge is 2.54. The van der Waals surface area contributed by atoms with E-state index >= 15 is 0 Å². The number of amides is 2. The predicted molar refractivity (Wildman–Crippen MR) is 98.6 cm³/mol. The van der Waals surface area contributed by atoms with Gasteiger partial charge in [0.1, 0.15) is 30.3 Å². The summed E-state index contributed by atoms with van der Waals surface area (Å²) in [7, 11) is 1.34. The van der Waals surface area contributed by atoms with Crippen molar-refractivity contribution in [1.82, 2.24) is 10.2 Å². The highest BCUT2D eigenvalue weighted by atomic mass is 32.2. The standard InChI is InChI=1S/C17H18N4O5S/c1-26-19-7-10-8-27-16-12(15(23)21(16)13(10)17(24)25)20-14(22)11(18)9-5-3-2-4-6-9/h2-7,11-12,16H,8,18H2,1H3,(H,20,22)(H,24,25)/t11?,12?,16-/m1/s1. The van der Waals surface area contributed by atoms with Crippen LogP contribution in [0, 0.1) is 0 Å². The Balaban J connectivity index is 1.74. The van der Waals surface area contributed by atoms with Gasteiger partial charge in [-0.15, -0.1) is 11.8 Å². The maximum absolute atomic E-state index is 12.5. The SMILES string of the molecule is CON=CC1=C(C(=O)O)N2C(=O)C(NC(=O)C(N)c3ccccc3)[C@H]2SC1. The number of hydrogen-bond donors (Lipinski definition) is 3. The second-order valence-corrected chi connectivity index (χ2v) is 6.99. The maximum atomic E-state index is 12.5. The van der Waals surface area contributed by atoms with Crippen molar-refractivity contribution in [2.45, 2.75) is 17.5 Å². The predicted octanol–water partition coefficient (Wildman–Crippen LogP) is 0.0572. The van der Waals surface area contributed by atoms with Crippen molar-refractivity contribution in [2.24, 2.45) is 10.9 Å². The van der Waals surface area contributed by atoms with Crippen LogP contribution in [-0.2, 0) is 19.2 Å². The van der Waals surface area contributed by atoms with Crippen LogP contribution in [0.2, 0.25) is 0 Å². The number of benzene rings is 1. The monoisotopic (exact) mass is 390 g/mol. The molecule has 0 aromatic heterocycles. The molecule has 1 fully saturated rings. The molecule has 0 bridgehead atoms. The van der Waals surface area contributed by atoms with Gasteiger partial charge in [-0.25, -0.2) is 4.79 Å². The van der Waals surface area contributed by atoms with E-state index in [2.05, 4.69) is 15.3 Å². The second-order valence-electron chi connectivity index (χ2n) is 5.88. The summed E-state index contributed by atoms with van der Waals surface area (Å²) in [4.78, 5) is 42.3. The Morgan fingerprint density at radius 1 is 1.44 bits per heavy atom. The summed E-state index contributed by atoms with van der Waals surface area (Å²) >= 11 is 1.34. The summed E-state index contributed by atoms with van der Waals surface area (Å²) in [5, 5.41) is 15.2. The lowest BCUT2D eigenvalue weighted by atomic mass is 10.0. The number of carbonyl (C=O) groups is 3. The first kappa shape index (κ1) is 18.9. The quantitative estimate of drug-likeness (QED) is 0.355. The van der Waals surface area contributed by atoms with E-state index in [-0.39, 0.29) is 5.70 Å². The Bertz CT molecular complexity index is 826. The second kappa shape index (κ2) is 7.80. The molecule has 2 aliphatic rings. The molecule has 27 heavy (non-hydrogen) atoms. The molecular formula is C17H18N4O5S. The van der Waals surface area contributed by atoms with Gasteiger partial charge >= 0.3 is 5.97 Å². The van der Waals surface area contributed by atoms with Gasteiger partial charge in [0.25, 0.3) is 5.91 Å².